The molecule has 0 saturated heterocycles. The third kappa shape index (κ3) is 3.31. The molecule has 2 aromatic rings. The van der Waals surface area contributed by atoms with Gasteiger partial charge in [0, 0.05) is 0 Å². The number of hydrogen-bond acceptors (Lipinski definition) is 5. The van der Waals surface area contributed by atoms with E-state index in [1.54, 1.807) is 0 Å². The zero-order chi connectivity index (χ0) is 15.4. The SMILES string of the molecule is CCc1c(NN)ncnc1Oc1ccc(C(C)C)c(C)c1. The van der Waals surface area contributed by atoms with Crippen molar-refractivity contribution in [2.45, 2.75) is 40.0 Å². The number of ether oxygens (including phenoxy) is 1. The van der Waals surface area contributed by atoms with Crippen molar-refractivity contribution in [1.82, 2.24) is 9.97 Å². The van der Waals surface area contributed by atoms with Crippen LogP contribution in [0.1, 0.15) is 43.4 Å². The summed E-state index contributed by atoms with van der Waals surface area (Å²) in [6.45, 7) is 8.47. The largest absolute Gasteiger partial charge is 0.439 e. The first-order valence-electron chi connectivity index (χ1n) is 7.15. The molecule has 0 spiro atoms. The Morgan fingerprint density at radius 3 is 2.62 bits per heavy atom. The van der Waals surface area contributed by atoms with Gasteiger partial charge >= 0.3 is 0 Å². The van der Waals surface area contributed by atoms with E-state index in [0.717, 1.165) is 17.7 Å². The number of nitrogen functional groups attached to an aromatic ring is 1. The number of aryl methyl sites for hydroxylation is 1. The van der Waals surface area contributed by atoms with Crippen LogP contribution in [-0.4, -0.2) is 9.97 Å². The predicted molar refractivity (Wildman–Crippen MR) is 84.6 cm³/mol. The van der Waals surface area contributed by atoms with E-state index in [2.05, 4.69) is 42.2 Å². The molecule has 112 valence electrons. The molecule has 0 radical (unpaired) electrons. The molecule has 0 amide bonds. The standard InChI is InChI=1S/C16H22N4O/c1-5-13-15(20-17)18-9-19-16(13)21-12-6-7-14(10(2)3)11(4)8-12/h6-10H,5,17H2,1-4H3,(H,18,19,20). The summed E-state index contributed by atoms with van der Waals surface area (Å²) >= 11 is 0. The van der Waals surface area contributed by atoms with Gasteiger partial charge < -0.3 is 10.2 Å². The van der Waals surface area contributed by atoms with Crippen molar-refractivity contribution in [1.29, 1.82) is 0 Å². The van der Waals surface area contributed by atoms with Crippen molar-refractivity contribution in [2.75, 3.05) is 5.43 Å². The van der Waals surface area contributed by atoms with Gasteiger partial charge in [-0.1, -0.05) is 26.8 Å². The van der Waals surface area contributed by atoms with E-state index in [1.807, 2.05) is 19.1 Å². The molecule has 0 unspecified atom stereocenters. The minimum atomic E-state index is 0.498. The van der Waals surface area contributed by atoms with Crippen molar-refractivity contribution < 1.29 is 4.74 Å². The van der Waals surface area contributed by atoms with Crippen LogP contribution in [0.15, 0.2) is 24.5 Å². The molecule has 3 N–H and O–H groups in total. The van der Waals surface area contributed by atoms with Gasteiger partial charge in [-0.05, 0) is 42.5 Å². The van der Waals surface area contributed by atoms with Gasteiger partial charge in [0.25, 0.3) is 0 Å². The number of benzene rings is 1. The number of nitrogens with zero attached hydrogens (tertiary/aromatic N) is 2. The van der Waals surface area contributed by atoms with Gasteiger partial charge in [-0.15, -0.1) is 0 Å². The van der Waals surface area contributed by atoms with Gasteiger partial charge in [0.05, 0.1) is 5.56 Å². The maximum atomic E-state index is 5.91. The van der Waals surface area contributed by atoms with E-state index in [4.69, 9.17) is 10.6 Å². The Kier molecular flexibility index (Phi) is 4.75. The van der Waals surface area contributed by atoms with Crippen LogP contribution in [0.25, 0.3) is 0 Å². The van der Waals surface area contributed by atoms with E-state index < -0.39 is 0 Å². The lowest BCUT2D eigenvalue weighted by Gasteiger charge is -2.14. The summed E-state index contributed by atoms with van der Waals surface area (Å²) in [4.78, 5) is 8.31. The highest BCUT2D eigenvalue weighted by molar-refractivity contribution is 5.49. The molecular formula is C16H22N4O. The minimum absolute atomic E-state index is 0.498. The number of rotatable bonds is 5. The van der Waals surface area contributed by atoms with E-state index in [0.29, 0.717) is 17.6 Å². The highest BCUT2D eigenvalue weighted by atomic mass is 16.5. The van der Waals surface area contributed by atoms with E-state index in [9.17, 15) is 0 Å². The van der Waals surface area contributed by atoms with Gasteiger partial charge in [-0.2, -0.15) is 0 Å². The summed E-state index contributed by atoms with van der Waals surface area (Å²) in [6.07, 6.45) is 2.18. The van der Waals surface area contributed by atoms with Crippen LogP contribution in [0.4, 0.5) is 5.82 Å². The lowest BCUT2D eigenvalue weighted by molar-refractivity contribution is 0.455. The van der Waals surface area contributed by atoms with Crippen LogP contribution in [0.5, 0.6) is 11.6 Å². The maximum Gasteiger partial charge on any atom is 0.227 e. The van der Waals surface area contributed by atoms with Crippen molar-refractivity contribution in [3.63, 3.8) is 0 Å². The molecule has 1 aromatic heterocycles. The Morgan fingerprint density at radius 2 is 2.05 bits per heavy atom. The molecule has 0 aliphatic heterocycles. The summed E-state index contributed by atoms with van der Waals surface area (Å²) in [7, 11) is 0. The normalized spacial score (nSPS) is 10.8. The minimum Gasteiger partial charge on any atom is -0.439 e. The average Bonchev–Trinajstić information content (AvgIpc) is 2.46. The summed E-state index contributed by atoms with van der Waals surface area (Å²) in [5.41, 5.74) is 5.98. The van der Waals surface area contributed by atoms with Crippen LogP contribution in [0.3, 0.4) is 0 Å². The molecule has 0 atom stereocenters. The van der Waals surface area contributed by atoms with E-state index >= 15 is 0 Å². The molecule has 0 saturated carbocycles. The smallest absolute Gasteiger partial charge is 0.227 e. The van der Waals surface area contributed by atoms with Crippen molar-refractivity contribution in [2.24, 2.45) is 5.84 Å². The summed E-state index contributed by atoms with van der Waals surface area (Å²) in [6, 6.07) is 6.11. The highest BCUT2D eigenvalue weighted by Gasteiger charge is 2.12. The number of anilines is 1. The molecule has 1 aromatic carbocycles. The molecule has 0 aliphatic rings. The van der Waals surface area contributed by atoms with Crippen LogP contribution in [0, 0.1) is 6.92 Å². The molecule has 0 fully saturated rings. The highest BCUT2D eigenvalue weighted by Crippen LogP contribution is 2.29. The maximum absolute atomic E-state index is 5.91. The van der Waals surface area contributed by atoms with Gasteiger partial charge in [-0.3, -0.25) is 0 Å². The third-order valence-corrected chi connectivity index (χ3v) is 3.47. The van der Waals surface area contributed by atoms with Gasteiger partial charge in [0.15, 0.2) is 0 Å². The second kappa shape index (κ2) is 6.54. The van der Waals surface area contributed by atoms with E-state index in [1.165, 1.54) is 17.5 Å². The fourth-order valence-corrected chi connectivity index (χ4v) is 2.40. The van der Waals surface area contributed by atoms with Gasteiger partial charge in [0.2, 0.25) is 5.88 Å². The zero-order valence-corrected chi connectivity index (χ0v) is 13.0. The van der Waals surface area contributed by atoms with Crippen molar-refractivity contribution >= 4 is 5.82 Å². The Labute approximate surface area is 125 Å². The number of nitrogens with two attached hydrogens (primary N) is 1. The molecule has 0 bridgehead atoms. The first-order valence-corrected chi connectivity index (χ1v) is 7.15. The second-order valence-corrected chi connectivity index (χ2v) is 5.28. The van der Waals surface area contributed by atoms with Gasteiger partial charge in [-0.25, -0.2) is 15.8 Å². The molecular weight excluding hydrogens is 264 g/mol. The monoisotopic (exact) mass is 286 g/mol. The number of aromatic nitrogens is 2. The molecule has 5 heteroatoms. The quantitative estimate of drug-likeness (QED) is 0.649. The Hall–Kier alpha value is -2.14. The lowest BCUT2D eigenvalue weighted by Crippen LogP contribution is -2.12. The van der Waals surface area contributed by atoms with Crippen molar-refractivity contribution in [3.8, 4) is 11.6 Å². The lowest BCUT2D eigenvalue weighted by atomic mass is 9.98. The molecule has 5 nitrogen and oxygen atoms in total. The van der Waals surface area contributed by atoms with Crippen LogP contribution in [0.2, 0.25) is 0 Å². The first kappa shape index (κ1) is 15.3. The van der Waals surface area contributed by atoms with Crippen LogP contribution < -0.4 is 16.0 Å². The van der Waals surface area contributed by atoms with Crippen molar-refractivity contribution in [3.05, 3.63) is 41.2 Å². The first-order chi connectivity index (χ1) is 10.1. The number of hydrogen-bond donors (Lipinski definition) is 2. The Morgan fingerprint density at radius 1 is 1.29 bits per heavy atom. The Balaban J connectivity index is 2.32. The molecule has 21 heavy (non-hydrogen) atoms. The molecule has 2 rings (SSSR count). The fraction of sp³-hybridized carbons (Fsp3) is 0.375. The summed E-state index contributed by atoms with van der Waals surface area (Å²) in [5, 5.41) is 0. The topological polar surface area (TPSA) is 73.1 Å². The predicted octanol–water partition coefficient (Wildman–Crippen LogP) is 3.55. The van der Waals surface area contributed by atoms with E-state index in [-0.39, 0.29) is 0 Å². The van der Waals surface area contributed by atoms with Crippen LogP contribution in [-0.2, 0) is 6.42 Å². The summed E-state index contributed by atoms with van der Waals surface area (Å²) < 4.78 is 5.91. The summed E-state index contributed by atoms with van der Waals surface area (Å²) in [5.74, 6) is 7.87. The fourth-order valence-electron chi connectivity index (χ4n) is 2.40. The number of hydrazine groups is 1. The number of nitrogens with one attached hydrogen (secondary N) is 1. The molecule has 1 heterocycles. The van der Waals surface area contributed by atoms with Gasteiger partial charge in [0.1, 0.15) is 17.9 Å². The average molecular weight is 286 g/mol. The third-order valence-electron chi connectivity index (χ3n) is 3.47. The van der Waals surface area contributed by atoms with Crippen LogP contribution >= 0.6 is 0 Å². The second-order valence-electron chi connectivity index (χ2n) is 5.28. The Bertz CT molecular complexity index is 626. The zero-order valence-electron chi connectivity index (χ0n) is 13.0. The molecule has 0 aliphatic carbocycles.